The van der Waals surface area contributed by atoms with E-state index in [1.54, 1.807) is 6.08 Å². The van der Waals surface area contributed by atoms with E-state index < -0.39 is 0 Å². The molecule has 4 nitrogen and oxygen atoms in total. The van der Waals surface area contributed by atoms with E-state index in [1.165, 1.54) is 4.90 Å². The van der Waals surface area contributed by atoms with Crippen LogP contribution >= 0.6 is 11.8 Å². The predicted molar refractivity (Wildman–Crippen MR) is 68.4 cm³/mol. The molecule has 2 amide bonds. The van der Waals surface area contributed by atoms with Gasteiger partial charge in [0.2, 0.25) is 0 Å². The highest BCUT2D eigenvalue weighted by molar-refractivity contribution is 8.18. The van der Waals surface area contributed by atoms with Crippen LogP contribution in [0.4, 0.5) is 4.79 Å². The van der Waals surface area contributed by atoms with Crippen LogP contribution in [0.5, 0.6) is 0 Å². The summed E-state index contributed by atoms with van der Waals surface area (Å²) < 4.78 is 1.90. The van der Waals surface area contributed by atoms with Crippen molar-refractivity contribution in [3.05, 3.63) is 28.9 Å². The number of aromatic nitrogens is 1. The van der Waals surface area contributed by atoms with Crippen LogP contribution in [-0.2, 0) is 11.8 Å². The van der Waals surface area contributed by atoms with E-state index in [2.05, 4.69) is 0 Å². The van der Waals surface area contributed by atoms with Crippen LogP contribution in [-0.4, -0.2) is 27.2 Å². The summed E-state index contributed by atoms with van der Waals surface area (Å²) in [6, 6.07) is 1.91. The highest BCUT2D eigenvalue weighted by Crippen LogP contribution is 2.32. The SMILES string of the molecule is CCCN1C(=O)S/C(=C/c2ccn(C)c2)C1=O. The topological polar surface area (TPSA) is 42.3 Å². The molecule has 0 bridgehead atoms. The first-order valence-corrected chi connectivity index (χ1v) is 6.31. The molecule has 0 unspecified atom stereocenters. The zero-order chi connectivity index (χ0) is 12.4. The van der Waals surface area contributed by atoms with Crippen molar-refractivity contribution in [1.29, 1.82) is 0 Å². The summed E-state index contributed by atoms with van der Waals surface area (Å²) in [6.45, 7) is 2.45. The second kappa shape index (κ2) is 4.79. The van der Waals surface area contributed by atoms with Crippen LogP contribution in [0.1, 0.15) is 18.9 Å². The number of imide groups is 1. The quantitative estimate of drug-likeness (QED) is 0.774. The molecule has 0 spiro atoms. The maximum absolute atomic E-state index is 11.9. The Bertz CT molecular complexity index is 490. The fourth-order valence-electron chi connectivity index (χ4n) is 1.68. The Morgan fingerprint density at radius 2 is 2.18 bits per heavy atom. The molecule has 0 aliphatic carbocycles. The van der Waals surface area contributed by atoms with Crippen LogP contribution in [0.15, 0.2) is 23.4 Å². The van der Waals surface area contributed by atoms with Crippen LogP contribution < -0.4 is 0 Å². The van der Waals surface area contributed by atoms with Gasteiger partial charge in [-0.1, -0.05) is 6.92 Å². The lowest BCUT2D eigenvalue weighted by Crippen LogP contribution is -2.28. The van der Waals surface area contributed by atoms with Crippen LogP contribution in [0.2, 0.25) is 0 Å². The summed E-state index contributed by atoms with van der Waals surface area (Å²) in [5, 5.41) is -0.168. The summed E-state index contributed by atoms with van der Waals surface area (Å²) in [4.78, 5) is 25.3. The third-order valence-electron chi connectivity index (χ3n) is 2.47. The van der Waals surface area contributed by atoms with Gasteiger partial charge in [0.05, 0.1) is 4.91 Å². The number of thioether (sulfide) groups is 1. The van der Waals surface area contributed by atoms with Gasteiger partial charge in [-0.15, -0.1) is 0 Å². The van der Waals surface area contributed by atoms with Gasteiger partial charge >= 0.3 is 0 Å². The minimum Gasteiger partial charge on any atom is -0.357 e. The smallest absolute Gasteiger partial charge is 0.293 e. The first-order chi connectivity index (χ1) is 8.11. The molecule has 2 heterocycles. The van der Waals surface area contributed by atoms with E-state index in [9.17, 15) is 9.59 Å². The van der Waals surface area contributed by atoms with E-state index in [1.807, 2.05) is 37.0 Å². The highest BCUT2D eigenvalue weighted by atomic mass is 32.2. The Morgan fingerprint density at radius 3 is 2.76 bits per heavy atom. The van der Waals surface area contributed by atoms with E-state index in [-0.39, 0.29) is 11.1 Å². The molecule has 0 aromatic carbocycles. The summed E-state index contributed by atoms with van der Waals surface area (Å²) >= 11 is 1.02. The van der Waals surface area contributed by atoms with Crippen molar-refractivity contribution in [2.24, 2.45) is 7.05 Å². The molecule has 17 heavy (non-hydrogen) atoms. The summed E-state index contributed by atoms with van der Waals surface area (Å²) in [6.07, 6.45) is 6.37. The van der Waals surface area contributed by atoms with Gasteiger partial charge in [0.25, 0.3) is 11.1 Å². The third-order valence-corrected chi connectivity index (χ3v) is 3.38. The zero-order valence-electron chi connectivity index (χ0n) is 9.84. The van der Waals surface area contributed by atoms with E-state index in [0.717, 1.165) is 23.7 Å². The summed E-state index contributed by atoms with van der Waals surface area (Å²) in [5.74, 6) is -0.175. The fourth-order valence-corrected chi connectivity index (χ4v) is 2.54. The van der Waals surface area contributed by atoms with Crippen molar-refractivity contribution in [3.63, 3.8) is 0 Å². The molecule has 5 heteroatoms. The minimum absolute atomic E-state index is 0.168. The van der Waals surface area contributed by atoms with E-state index >= 15 is 0 Å². The molecule has 0 saturated carbocycles. The van der Waals surface area contributed by atoms with Crippen molar-refractivity contribution >= 4 is 29.0 Å². The summed E-state index contributed by atoms with van der Waals surface area (Å²) in [7, 11) is 1.92. The molecule has 0 radical (unpaired) electrons. The largest absolute Gasteiger partial charge is 0.357 e. The average molecular weight is 250 g/mol. The van der Waals surface area contributed by atoms with Gasteiger partial charge in [0.1, 0.15) is 0 Å². The van der Waals surface area contributed by atoms with Gasteiger partial charge in [0.15, 0.2) is 0 Å². The van der Waals surface area contributed by atoms with Crippen molar-refractivity contribution in [2.75, 3.05) is 6.54 Å². The first-order valence-electron chi connectivity index (χ1n) is 5.49. The Hall–Kier alpha value is -1.49. The number of amides is 2. The lowest BCUT2D eigenvalue weighted by molar-refractivity contribution is -0.122. The number of rotatable bonds is 3. The van der Waals surface area contributed by atoms with Gasteiger partial charge in [0, 0.05) is 26.0 Å². The first kappa shape index (κ1) is 12.0. The maximum Gasteiger partial charge on any atom is 0.293 e. The van der Waals surface area contributed by atoms with Crippen LogP contribution in [0.25, 0.3) is 6.08 Å². The molecule has 1 fully saturated rings. The second-order valence-electron chi connectivity index (χ2n) is 3.94. The molecular formula is C12H14N2O2S. The molecular weight excluding hydrogens is 236 g/mol. The number of aryl methyl sites for hydroxylation is 1. The van der Waals surface area contributed by atoms with Crippen molar-refractivity contribution in [3.8, 4) is 0 Å². The number of carbonyl (C=O) groups is 2. The van der Waals surface area contributed by atoms with Crippen LogP contribution in [0, 0.1) is 0 Å². The molecule has 0 atom stereocenters. The van der Waals surface area contributed by atoms with Crippen molar-refractivity contribution in [2.45, 2.75) is 13.3 Å². The molecule has 1 aromatic heterocycles. The second-order valence-corrected chi connectivity index (χ2v) is 4.94. The van der Waals surface area contributed by atoms with Gasteiger partial charge in [-0.3, -0.25) is 14.5 Å². The van der Waals surface area contributed by atoms with Crippen molar-refractivity contribution in [1.82, 2.24) is 9.47 Å². The number of nitrogens with zero attached hydrogens (tertiary/aromatic N) is 2. The predicted octanol–water partition coefficient (Wildman–Crippen LogP) is 2.47. The zero-order valence-corrected chi connectivity index (χ0v) is 10.7. The lowest BCUT2D eigenvalue weighted by atomic mass is 10.3. The summed E-state index contributed by atoms with van der Waals surface area (Å²) in [5.41, 5.74) is 0.939. The molecule has 90 valence electrons. The van der Waals surface area contributed by atoms with E-state index in [4.69, 9.17) is 0 Å². The Morgan fingerprint density at radius 1 is 1.41 bits per heavy atom. The Kier molecular flexibility index (Phi) is 3.38. The lowest BCUT2D eigenvalue weighted by Gasteiger charge is -2.09. The molecule has 2 rings (SSSR count). The monoisotopic (exact) mass is 250 g/mol. The number of hydrogen-bond acceptors (Lipinski definition) is 3. The minimum atomic E-state index is -0.175. The number of carbonyl (C=O) groups excluding carboxylic acids is 2. The molecule has 1 aliphatic heterocycles. The standard InChI is InChI=1S/C12H14N2O2S/c1-3-5-14-11(15)10(17-12(14)16)7-9-4-6-13(2)8-9/h4,6-8H,3,5H2,1-2H3/b10-7+. The molecule has 1 aliphatic rings. The normalized spacial score (nSPS) is 18.5. The Balaban J connectivity index is 2.21. The Labute approximate surface area is 104 Å². The maximum atomic E-state index is 11.9. The highest BCUT2D eigenvalue weighted by Gasteiger charge is 2.34. The van der Waals surface area contributed by atoms with Gasteiger partial charge in [-0.25, -0.2) is 0 Å². The van der Waals surface area contributed by atoms with Gasteiger partial charge < -0.3 is 4.57 Å². The molecule has 0 N–H and O–H groups in total. The number of hydrogen-bond donors (Lipinski definition) is 0. The van der Waals surface area contributed by atoms with Crippen LogP contribution in [0.3, 0.4) is 0 Å². The average Bonchev–Trinajstić information content (AvgIpc) is 2.79. The molecule has 1 saturated heterocycles. The van der Waals surface area contributed by atoms with Gasteiger partial charge in [-0.2, -0.15) is 0 Å². The van der Waals surface area contributed by atoms with Gasteiger partial charge in [-0.05, 0) is 35.9 Å². The van der Waals surface area contributed by atoms with Crippen molar-refractivity contribution < 1.29 is 9.59 Å². The fraction of sp³-hybridized carbons (Fsp3) is 0.333. The third kappa shape index (κ3) is 2.44. The molecule has 1 aromatic rings. The van der Waals surface area contributed by atoms with E-state index in [0.29, 0.717) is 11.4 Å².